The van der Waals surface area contributed by atoms with Gasteiger partial charge >= 0.3 is 0 Å². The molecule has 2 nitrogen and oxygen atoms in total. The fraction of sp³-hybridized carbons (Fsp3) is 0.318. The van der Waals surface area contributed by atoms with E-state index in [4.69, 9.17) is 4.74 Å². The van der Waals surface area contributed by atoms with Gasteiger partial charge in [0.2, 0.25) is 5.88 Å². The van der Waals surface area contributed by atoms with E-state index in [0.29, 0.717) is 5.92 Å². The zero-order valence-corrected chi connectivity index (χ0v) is 14.1. The van der Waals surface area contributed by atoms with E-state index in [-0.39, 0.29) is 0 Å². The first-order valence-corrected chi connectivity index (χ1v) is 8.92. The first kappa shape index (κ1) is 15.2. The van der Waals surface area contributed by atoms with Crippen LogP contribution in [0.5, 0.6) is 11.6 Å². The van der Waals surface area contributed by atoms with Gasteiger partial charge in [0.25, 0.3) is 0 Å². The standard InChI is InChI=1S/C22H23NO/c1-16-11-13-18(14-12-16)20-9-5-15-23-22(20)24-21-10-4-7-17-6-2-3-8-19(17)21/h2-10,15-16,18H,11-14H2,1H3. The van der Waals surface area contributed by atoms with Crippen molar-refractivity contribution in [2.24, 2.45) is 5.92 Å². The first-order valence-electron chi connectivity index (χ1n) is 8.92. The van der Waals surface area contributed by atoms with Crippen LogP contribution in [0.3, 0.4) is 0 Å². The van der Waals surface area contributed by atoms with Gasteiger partial charge < -0.3 is 4.74 Å². The van der Waals surface area contributed by atoms with Crippen LogP contribution in [-0.2, 0) is 0 Å². The Labute approximate surface area is 143 Å². The molecule has 24 heavy (non-hydrogen) atoms. The molecule has 0 atom stereocenters. The van der Waals surface area contributed by atoms with Crippen molar-refractivity contribution in [3.05, 3.63) is 66.4 Å². The van der Waals surface area contributed by atoms with Gasteiger partial charge in [-0.15, -0.1) is 0 Å². The number of fused-ring (bicyclic) bond motifs is 1. The Kier molecular flexibility index (Phi) is 4.20. The molecule has 0 unspecified atom stereocenters. The molecule has 0 bridgehead atoms. The third-order valence-corrected chi connectivity index (χ3v) is 5.21. The molecule has 0 amide bonds. The minimum Gasteiger partial charge on any atom is -0.438 e. The van der Waals surface area contributed by atoms with Gasteiger partial charge in [0.05, 0.1) is 0 Å². The van der Waals surface area contributed by atoms with Gasteiger partial charge in [-0.1, -0.05) is 62.2 Å². The summed E-state index contributed by atoms with van der Waals surface area (Å²) in [5.41, 5.74) is 1.26. The van der Waals surface area contributed by atoms with Crippen molar-refractivity contribution in [2.75, 3.05) is 0 Å². The highest BCUT2D eigenvalue weighted by molar-refractivity contribution is 5.88. The SMILES string of the molecule is CC1CCC(c2cccnc2Oc2cccc3ccccc23)CC1. The predicted molar refractivity (Wildman–Crippen MR) is 98.6 cm³/mol. The fourth-order valence-corrected chi connectivity index (χ4v) is 3.76. The summed E-state index contributed by atoms with van der Waals surface area (Å²) >= 11 is 0. The number of pyridine rings is 1. The summed E-state index contributed by atoms with van der Waals surface area (Å²) in [7, 11) is 0. The van der Waals surface area contributed by atoms with Crippen molar-refractivity contribution in [2.45, 2.75) is 38.5 Å². The molecule has 1 aromatic heterocycles. The molecule has 0 spiro atoms. The topological polar surface area (TPSA) is 22.1 Å². The minimum absolute atomic E-state index is 0.569. The van der Waals surface area contributed by atoms with Gasteiger partial charge in [-0.25, -0.2) is 4.98 Å². The number of nitrogens with zero attached hydrogens (tertiary/aromatic N) is 1. The number of rotatable bonds is 3. The second-order valence-electron chi connectivity index (χ2n) is 6.93. The Morgan fingerprint density at radius 3 is 2.54 bits per heavy atom. The third-order valence-electron chi connectivity index (χ3n) is 5.21. The van der Waals surface area contributed by atoms with Crippen molar-refractivity contribution in [3.63, 3.8) is 0 Å². The molecule has 2 aromatic carbocycles. The molecule has 1 saturated carbocycles. The van der Waals surface area contributed by atoms with E-state index < -0.39 is 0 Å². The Hall–Kier alpha value is -2.35. The molecular weight excluding hydrogens is 294 g/mol. The van der Waals surface area contributed by atoms with Crippen LogP contribution < -0.4 is 4.74 Å². The minimum atomic E-state index is 0.569. The fourth-order valence-electron chi connectivity index (χ4n) is 3.76. The van der Waals surface area contributed by atoms with Crippen molar-refractivity contribution in [1.82, 2.24) is 4.98 Å². The third kappa shape index (κ3) is 3.01. The maximum atomic E-state index is 6.29. The molecular formula is C22H23NO. The van der Waals surface area contributed by atoms with Crippen LogP contribution in [0, 0.1) is 5.92 Å². The molecule has 122 valence electrons. The molecule has 1 aliphatic rings. The maximum Gasteiger partial charge on any atom is 0.222 e. The Bertz CT molecular complexity index is 829. The monoisotopic (exact) mass is 317 g/mol. The van der Waals surface area contributed by atoms with Gasteiger partial charge in [-0.2, -0.15) is 0 Å². The van der Waals surface area contributed by atoms with Crippen molar-refractivity contribution < 1.29 is 4.74 Å². The lowest BCUT2D eigenvalue weighted by atomic mass is 9.80. The van der Waals surface area contributed by atoms with Gasteiger partial charge in [-0.05, 0) is 42.2 Å². The van der Waals surface area contributed by atoms with E-state index in [9.17, 15) is 0 Å². The van der Waals surface area contributed by atoms with Gasteiger partial charge in [-0.3, -0.25) is 0 Å². The number of hydrogen-bond donors (Lipinski definition) is 0. The lowest BCUT2D eigenvalue weighted by molar-refractivity contribution is 0.340. The lowest BCUT2D eigenvalue weighted by Crippen LogP contribution is -2.12. The number of ether oxygens (including phenoxy) is 1. The van der Waals surface area contributed by atoms with Crippen LogP contribution in [0.4, 0.5) is 0 Å². The molecule has 0 aliphatic heterocycles. The summed E-state index contributed by atoms with van der Waals surface area (Å²) in [4.78, 5) is 4.55. The van der Waals surface area contributed by atoms with Gasteiger partial charge in [0, 0.05) is 17.1 Å². The molecule has 4 rings (SSSR count). The molecule has 1 aliphatic carbocycles. The summed E-state index contributed by atoms with van der Waals surface area (Å²) in [5.74, 6) is 3.07. The molecule has 3 aromatic rings. The summed E-state index contributed by atoms with van der Waals surface area (Å²) in [6.45, 7) is 2.35. The average Bonchev–Trinajstić information content (AvgIpc) is 2.63. The molecule has 2 heteroatoms. The van der Waals surface area contributed by atoms with Crippen LogP contribution in [0.25, 0.3) is 10.8 Å². The van der Waals surface area contributed by atoms with Gasteiger partial charge in [0.15, 0.2) is 0 Å². The van der Waals surface area contributed by atoms with Crippen molar-refractivity contribution >= 4 is 10.8 Å². The van der Waals surface area contributed by atoms with Crippen LogP contribution >= 0.6 is 0 Å². The van der Waals surface area contributed by atoms with E-state index in [0.717, 1.165) is 22.9 Å². The van der Waals surface area contributed by atoms with Gasteiger partial charge in [0.1, 0.15) is 5.75 Å². The van der Waals surface area contributed by atoms with Crippen LogP contribution in [0.2, 0.25) is 0 Å². The zero-order valence-electron chi connectivity index (χ0n) is 14.1. The Morgan fingerprint density at radius 2 is 1.67 bits per heavy atom. The van der Waals surface area contributed by atoms with Crippen LogP contribution in [0.15, 0.2) is 60.8 Å². The smallest absolute Gasteiger partial charge is 0.222 e. The number of benzene rings is 2. The van der Waals surface area contributed by atoms with Crippen LogP contribution in [-0.4, -0.2) is 4.98 Å². The van der Waals surface area contributed by atoms with Crippen LogP contribution in [0.1, 0.15) is 44.1 Å². The molecule has 1 heterocycles. The highest BCUT2D eigenvalue weighted by Crippen LogP contribution is 2.40. The Morgan fingerprint density at radius 1 is 0.875 bits per heavy atom. The van der Waals surface area contributed by atoms with E-state index in [2.05, 4.69) is 48.3 Å². The predicted octanol–water partition coefficient (Wildman–Crippen LogP) is 6.32. The number of aromatic nitrogens is 1. The molecule has 1 fully saturated rings. The van der Waals surface area contributed by atoms with E-state index >= 15 is 0 Å². The quantitative estimate of drug-likeness (QED) is 0.564. The largest absolute Gasteiger partial charge is 0.438 e. The second-order valence-corrected chi connectivity index (χ2v) is 6.93. The second kappa shape index (κ2) is 6.64. The molecule has 0 radical (unpaired) electrons. The average molecular weight is 317 g/mol. The highest BCUT2D eigenvalue weighted by atomic mass is 16.5. The maximum absolute atomic E-state index is 6.29. The highest BCUT2D eigenvalue weighted by Gasteiger charge is 2.23. The van der Waals surface area contributed by atoms with Crippen molar-refractivity contribution in [3.8, 4) is 11.6 Å². The Balaban J connectivity index is 1.67. The zero-order chi connectivity index (χ0) is 16.4. The van der Waals surface area contributed by atoms with Crippen molar-refractivity contribution in [1.29, 1.82) is 0 Å². The summed E-state index contributed by atoms with van der Waals surface area (Å²) in [6, 6.07) is 18.7. The summed E-state index contributed by atoms with van der Waals surface area (Å²) < 4.78 is 6.29. The first-order chi connectivity index (χ1) is 11.8. The van der Waals surface area contributed by atoms with E-state index in [1.165, 1.54) is 36.6 Å². The number of hydrogen-bond acceptors (Lipinski definition) is 2. The summed E-state index contributed by atoms with van der Waals surface area (Å²) in [6.07, 6.45) is 6.90. The molecule has 0 saturated heterocycles. The van der Waals surface area contributed by atoms with E-state index in [1.807, 2.05) is 24.4 Å². The summed E-state index contributed by atoms with van der Waals surface area (Å²) in [5, 5.41) is 2.33. The lowest BCUT2D eigenvalue weighted by Gasteiger charge is -2.27. The normalized spacial score (nSPS) is 20.9. The molecule has 0 N–H and O–H groups in total. The van der Waals surface area contributed by atoms with E-state index in [1.54, 1.807) is 0 Å².